The van der Waals surface area contributed by atoms with Crippen LogP contribution in [-0.2, 0) is 26.2 Å². The lowest BCUT2D eigenvalue weighted by Gasteiger charge is -2.32. The lowest BCUT2D eigenvalue weighted by atomic mass is 10.1. The number of anilines is 1. The molecule has 1 atom stereocenters. The third-order valence-electron chi connectivity index (χ3n) is 6.06. The van der Waals surface area contributed by atoms with Crippen LogP contribution in [0, 0.1) is 0 Å². The van der Waals surface area contributed by atoms with Crippen molar-refractivity contribution < 1.29 is 18.0 Å². The number of carbonyl (C=O) groups excluding carboxylic acids is 2. The SMILES string of the molecule is CCCCNC(=O)C(C)N(Cc1ccc(Br)cc1)C(=O)CN(c1ccc(Cl)c(Cl)c1)S(=O)(=O)c1ccccc1. The molecule has 0 fully saturated rings. The van der Waals surface area contributed by atoms with Crippen molar-refractivity contribution in [3.05, 3.63) is 92.9 Å². The number of nitrogens with one attached hydrogen (secondary N) is 1. The van der Waals surface area contributed by atoms with E-state index in [-0.39, 0.29) is 33.1 Å². The minimum absolute atomic E-state index is 0.00805. The van der Waals surface area contributed by atoms with Crippen LogP contribution in [0.4, 0.5) is 5.69 Å². The molecule has 0 heterocycles. The van der Waals surface area contributed by atoms with Gasteiger partial charge in [0.15, 0.2) is 0 Å². The molecule has 0 bridgehead atoms. The van der Waals surface area contributed by atoms with E-state index < -0.39 is 28.5 Å². The van der Waals surface area contributed by atoms with E-state index in [2.05, 4.69) is 21.2 Å². The fourth-order valence-electron chi connectivity index (χ4n) is 3.79. The fraction of sp³-hybridized carbons (Fsp3) is 0.286. The second-order valence-electron chi connectivity index (χ2n) is 8.89. The molecule has 3 rings (SSSR count). The van der Waals surface area contributed by atoms with Gasteiger partial charge in [-0.2, -0.15) is 0 Å². The van der Waals surface area contributed by atoms with E-state index in [0.29, 0.717) is 6.54 Å². The normalized spacial score (nSPS) is 12.0. The van der Waals surface area contributed by atoms with Gasteiger partial charge >= 0.3 is 0 Å². The number of sulfonamides is 1. The van der Waals surface area contributed by atoms with Crippen LogP contribution in [0.1, 0.15) is 32.3 Å². The van der Waals surface area contributed by atoms with Crippen molar-refractivity contribution in [2.24, 2.45) is 0 Å². The number of halogens is 3. The highest BCUT2D eigenvalue weighted by atomic mass is 79.9. The Kier molecular flexibility index (Phi) is 11.2. The third-order valence-corrected chi connectivity index (χ3v) is 9.12. The Hall–Kier alpha value is -2.59. The van der Waals surface area contributed by atoms with Crippen molar-refractivity contribution in [1.82, 2.24) is 10.2 Å². The highest BCUT2D eigenvalue weighted by Crippen LogP contribution is 2.31. The molecule has 3 aromatic rings. The lowest BCUT2D eigenvalue weighted by molar-refractivity contribution is -0.139. The van der Waals surface area contributed by atoms with Gasteiger partial charge in [-0.05, 0) is 61.4 Å². The molecule has 39 heavy (non-hydrogen) atoms. The summed E-state index contributed by atoms with van der Waals surface area (Å²) in [6, 6.07) is 18.7. The number of unbranched alkanes of at least 4 members (excludes halogenated alkanes) is 1. The van der Waals surface area contributed by atoms with E-state index in [0.717, 1.165) is 27.2 Å². The second kappa shape index (κ2) is 14.2. The minimum atomic E-state index is -4.18. The zero-order valence-corrected chi connectivity index (χ0v) is 25.5. The molecular weight excluding hydrogens is 625 g/mol. The molecule has 3 aromatic carbocycles. The van der Waals surface area contributed by atoms with Crippen LogP contribution in [0.15, 0.2) is 82.2 Å². The second-order valence-corrected chi connectivity index (χ2v) is 12.5. The minimum Gasteiger partial charge on any atom is -0.354 e. The number of hydrogen-bond donors (Lipinski definition) is 1. The predicted octanol–water partition coefficient (Wildman–Crippen LogP) is 6.28. The summed E-state index contributed by atoms with van der Waals surface area (Å²) in [6.07, 6.45) is 1.71. The average Bonchev–Trinajstić information content (AvgIpc) is 2.93. The molecule has 0 aliphatic heterocycles. The van der Waals surface area contributed by atoms with Crippen molar-refractivity contribution in [3.63, 3.8) is 0 Å². The molecule has 1 unspecified atom stereocenters. The summed E-state index contributed by atoms with van der Waals surface area (Å²) in [5, 5.41) is 3.26. The topological polar surface area (TPSA) is 86.8 Å². The molecule has 0 aliphatic carbocycles. The number of hydrogen-bond acceptors (Lipinski definition) is 4. The first-order chi connectivity index (χ1) is 18.5. The van der Waals surface area contributed by atoms with Gasteiger partial charge in [0.1, 0.15) is 12.6 Å². The van der Waals surface area contributed by atoms with Gasteiger partial charge in [0.2, 0.25) is 11.8 Å². The zero-order valence-electron chi connectivity index (χ0n) is 21.6. The van der Waals surface area contributed by atoms with Crippen molar-refractivity contribution in [1.29, 1.82) is 0 Å². The number of rotatable bonds is 12. The monoisotopic (exact) mass is 653 g/mol. The summed E-state index contributed by atoms with van der Waals surface area (Å²) in [5.41, 5.74) is 0.956. The smallest absolute Gasteiger partial charge is 0.264 e. The van der Waals surface area contributed by atoms with E-state index >= 15 is 0 Å². The van der Waals surface area contributed by atoms with Gasteiger partial charge in [0.25, 0.3) is 10.0 Å². The number of amides is 2. The van der Waals surface area contributed by atoms with Crippen molar-refractivity contribution >= 4 is 66.7 Å². The molecule has 0 saturated carbocycles. The first-order valence-electron chi connectivity index (χ1n) is 12.4. The Morgan fingerprint density at radius 2 is 1.64 bits per heavy atom. The van der Waals surface area contributed by atoms with Crippen LogP contribution in [0.25, 0.3) is 0 Å². The Morgan fingerprint density at radius 1 is 0.974 bits per heavy atom. The van der Waals surface area contributed by atoms with Crippen LogP contribution in [0.5, 0.6) is 0 Å². The Labute approximate surface area is 248 Å². The maximum absolute atomic E-state index is 13.9. The van der Waals surface area contributed by atoms with E-state index in [4.69, 9.17) is 23.2 Å². The lowest BCUT2D eigenvalue weighted by Crippen LogP contribution is -2.51. The number of nitrogens with zero attached hydrogens (tertiary/aromatic N) is 2. The van der Waals surface area contributed by atoms with Gasteiger partial charge in [-0.3, -0.25) is 13.9 Å². The predicted molar refractivity (Wildman–Crippen MR) is 160 cm³/mol. The van der Waals surface area contributed by atoms with E-state index in [1.165, 1.54) is 35.2 Å². The van der Waals surface area contributed by atoms with Crippen molar-refractivity contribution in [2.75, 3.05) is 17.4 Å². The molecule has 7 nitrogen and oxygen atoms in total. The quantitative estimate of drug-likeness (QED) is 0.233. The molecule has 1 N–H and O–H groups in total. The molecule has 0 saturated heterocycles. The summed E-state index contributed by atoms with van der Waals surface area (Å²) in [7, 11) is -4.18. The van der Waals surface area contributed by atoms with Crippen LogP contribution in [0.3, 0.4) is 0 Å². The van der Waals surface area contributed by atoms with Gasteiger partial charge in [0.05, 0.1) is 20.6 Å². The van der Waals surface area contributed by atoms with Gasteiger partial charge in [0, 0.05) is 17.6 Å². The zero-order chi connectivity index (χ0) is 28.6. The van der Waals surface area contributed by atoms with Crippen molar-refractivity contribution in [3.8, 4) is 0 Å². The first kappa shape index (κ1) is 30.9. The van der Waals surface area contributed by atoms with Gasteiger partial charge < -0.3 is 10.2 Å². The van der Waals surface area contributed by atoms with E-state index in [1.54, 1.807) is 25.1 Å². The largest absolute Gasteiger partial charge is 0.354 e. The average molecular weight is 655 g/mol. The van der Waals surface area contributed by atoms with Crippen LogP contribution >= 0.6 is 39.1 Å². The summed E-state index contributed by atoms with van der Waals surface area (Å²) in [4.78, 5) is 28.3. The molecule has 11 heteroatoms. The summed E-state index contributed by atoms with van der Waals surface area (Å²) < 4.78 is 29.4. The Morgan fingerprint density at radius 3 is 2.26 bits per heavy atom. The fourth-order valence-corrected chi connectivity index (χ4v) is 5.78. The van der Waals surface area contributed by atoms with E-state index in [9.17, 15) is 18.0 Å². The standard InChI is InChI=1S/C28H30BrCl2N3O4S/c1-3-4-16-32-28(36)20(2)33(18-21-10-12-22(29)13-11-21)27(35)19-34(23-14-15-25(30)26(31)17-23)39(37,38)24-8-6-5-7-9-24/h5-15,17,20H,3-4,16,18-19H2,1-2H3,(H,32,36). The van der Waals surface area contributed by atoms with Gasteiger partial charge in [-0.25, -0.2) is 8.42 Å². The van der Waals surface area contributed by atoms with Gasteiger partial charge in [-0.1, -0.05) is 82.8 Å². The molecule has 2 amide bonds. The highest BCUT2D eigenvalue weighted by Gasteiger charge is 2.32. The molecule has 208 valence electrons. The van der Waals surface area contributed by atoms with Crippen LogP contribution in [0.2, 0.25) is 10.0 Å². The maximum Gasteiger partial charge on any atom is 0.264 e. The molecule has 0 radical (unpaired) electrons. The maximum atomic E-state index is 13.9. The third kappa shape index (κ3) is 8.20. The Balaban J connectivity index is 2.00. The summed E-state index contributed by atoms with van der Waals surface area (Å²) >= 11 is 15.7. The first-order valence-corrected chi connectivity index (χ1v) is 15.4. The molecular formula is C28H30BrCl2N3O4S. The highest BCUT2D eigenvalue weighted by molar-refractivity contribution is 9.10. The number of carbonyl (C=O) groups is 2. The van der Waals surface area contributed by atoms with Crippen molar-refractivity contribution in [2.45, 2.75) is 44.2 Å². The van der Waals surface area contributed by atoms with Crippen LogP contribution in [-0.4, -0.2) is 44.3 Å². The summed E-state index contributed by atoms with van der Waals surface area (Å²) in [6.45, 7) is 3.68. The summed E-state index contributed by atoms with van der Waals surface area (Å²) in [5.74, 6) is -0.873. The van der Waals surface area contributed by atoms with Gasteiger partial charge in [-0.15, -0.1) is 0 Å². The van der Waals surface area contributed by atoms with E-state index in [1.807, 2.05) is 31.2 Å². The molecule has 0 spiro atoms. The van der Waals surface area contributed by atoms with Crippen LogP contribution < -0.4 is 9.62 Å². The Bertz CT molecular complexity index is 1390. The molecule has 0 aromatic heterocycles. The number of benzene rings is 3. The molecule has 0 aliphatic rings.